The standard InChI is InChI=1S/C21H31N5O/c1-5-26(6-2)20-12-9-18(15-24-20)16-25-21(22-4)23-13-14-27-19-10-7-17(3)8-11-19/h7-12,15H,5-6,13-14,16H2,1-4H3,(H2,22,23,25). The third-order valence-corrected chi connectivity index (χ3v) is 4.26. The van der Waals surface area contributed by atoms with Crippen molar-refractivity contribution >= 4 is 11.8 Å². The van der Waals surface area contributed by atoms with Crippen molar-refractivity contribution in [1.82, 2.24) is 15.6 Å². The van der Waals surface area contributed by atoms with Crippen molar-refractivity contribution in [1.29, 1.82) is 0 Å². The Morgan fingerprint density at radius 1 is 1.07 bits per heavy atom. The Labute approximate surface area is 162 Å². The van der Waals surface area contributed by atoms with Gasteiger partial charge in [-0.3, -0.25) is 4.99 Å². The lowest BCUT2D eigenvalue weighted by Crippen LogP contribution is -2.38. The number of pyridine rings is 1. The van der Waals surface area contributed by atoms with Gasteiger partial charge >= 0.3 is 0 Å². The largest absolute Gasteiger partial charge is 0.492 e. The van der Waals surface area contributed by atoms with E-state index < -0.39 is 0 Å². The summed E-state index contributed by atoms with van der Waals surface area (Å²) in [4.78, 5) is 11.0. The Hall–Kier alpha value is -2.76. The number of benzene rings is 1. The summed E-state index contributed by atoms with van der Waals surface area (Å²) in [6.07, 6.45) is 1.91. The molecule has 1 aromatic heterocycles. The van der Waals surface area contributed by atoms with Gasteiger partial charge in [0.15, 0.2) is 5.96 Å². The zero-order chi connectivity index (χ0) is 19.5. The molecule has 0 saturated heterocycles. The molecule has 0 fully saturated rings. The normalized spacial score (nSPS) is 11.2. The zero-order valence-corrected chi connectivity index (χ0v) is 16.8. The molecule has 0 bridgehead atoms. The van der Waals surface area contributed by atoms with Gasteiger partial charge in [-0.25, -0.2) is 4.98 Å². The molecule has 1 aromatic carbocycles. The van der Waals surface area contributed by atoms with E-state index in [1.165, 1.54) is 5.56 Å². The number of nitrogens with zero attached hydrogens (tertiary/aromatic N) is 3. The highest BCUT2D eigenvalue weighted by Gasteiger charge is 2.04. The summed E-state index contributed by atoms with van der Waals surface area (Å²) in [5.74, 6) is 2.64. The first-order chi connectivity index (χ1) is 13.2. The smallest absolute Gasteiger partial charge is 0.191 e. The monoisotopic (exact) mass is 369 g/mol. The topological polar surface area (TPSA) is 61.8 Å². The lowest BCUT2D eigenvalue weighted by Gasteiger charge is -2.19. The van der Waals surface area contributed by atoms with Crippen LogP contribution in [0.2, 0.25) is 0 Å². The highest BCUT2D eigenvalue weighted by Crippen LogP contribution is 2.11. The maximum atomic E-state index is 5.72. The number of rotatable bonds is 9. The molecule has 0 radical (unpaired) electrons. The van der Waals surface area contributed by atoms with Crippen LogP contribution in [-0.2, 0) is 6.54 Å². The van der Waals surface area contributed by atoms with Gasteiger partial charge in [0.25, 0.3) is 0 Å². The second kappa shape index (κ2) is 11.1. The van der Waals surface area contributed by atoms with Gasteiger partial charge in [0.1, 0.15) is 18.2 Å². The van der Waals surface area contributed by atoms with Crippen molar-refractivity contribution in [3.63, 3.8) is 0 Å². The molecule has 2 rings (SSSR count). The van der Waals surface area contributed by atoms with E-state index in [-0.39, 0.29) is 0 Å². The highest BCUT2D eigenvalue weighted by atomic mass is 16.5. The number of nitrogens with one attached hydrogen (secondary N) is 2. The fraction of sp³-hybridized carbons (Fsp3) is 0.429. The van der Waals surface area contributed by atoms with Crippen LogP contribution in [0.5, 0.6) is 5.75 Å². The van der Waals surface area contributed by atoms with Gasteiger partial charge in [-0.15, -0.1) is 0 Å². The third kappa shape index (κ3) is 6.81. The molecule has 0 aliphatic carbocycles. The first-order valence-electron chi connectivity index (χ1n) is 9.50. The van der Waals surface area contributed by atoms with Gasteiger partial charge in [0.2, 0.25) is 0 Å². The molecule has 0 amide bonds. The van der Waals surface area contributed by atoms with E-state index in [1.54, 1.807) is 7.05 Å². The summed E-state index contributed by atoms with van der Waals surface area (Å²) in [6, 6.07) is 12.2. The average Bonchev–Trinajstić information content (AvgIpc) is 2.70. The molecule has 146 valence electrons. The number of aliphatic imine (C=N–C) groups is 1. The second-order valence-corrected chi connectivity index (χ2v) is 6.21. The fourth-order valence-electron chi connectivity index (χ4n) is 2.64. The first kappa shape index (κ1) is 20.6. The van der Waals surface area contributed by atoms with E-state index >= 15 is 0 Å². The minimum atomic E-state index is 0.573. The fourth-order valence-corrected chi connectivity index (χ4v) is 2.64. The van der Waals surface area contributed by atoms with Crippen LogP contribution in [0, 0.1) is 6.92 Å². The van der Waals surface area contributed by atoms with Crippen LogP contribution in [0.3, 0.4) is 0 Å². The number of ether oxygens (including phenoxy) is 1. The SMILES string of the molecule is CCN(CC)c1ccc(CNC(=NC)NCCOc2ccc(C)cc2)cn1. The van der Waals surface area contributed by atoms with Crippen LogP contribution in [-0.4, -0.2) is 44.2 Å². The first-order valence-corrected chi connectivity index (χ1v) is 9.50. The van der Waals surface area contributed by atoms with E-state index in [1.807, 2.05) is 30.5 Å². The van der Waals surface area contributed by atoms with Gasteiger partial charge in [0, 0.05) is 32.9 Å². The van der Waals surface area contributed by atoms with Crippen molar-refractivity contribution in [3.8, 4) is 5.75 Å². The molecule has 2 aromatic rings. The van der Waals surface area contributed by atoms with E-state index in [2.05, 4.69) is 58.4 Å². The molecule has 0 atom stereocenters. The number of aromatic nitrogens is 1. The van der Waals surface area contributed by atoms with Crippen molar-refractivity contribution in [2.75, 3.05) is 38.2 Å². The molecule has 1 heterocycles. The summed E-state index contributed by atoms with van der Waals surface area (Å²) in [7, 11) is 1.76. The number of anilines is 1. The Morgan fingerprint density at radius 2 is 1.81 bits per heavy atom. The van der Waals surface area contributed by atoms with Crippen LogP contribution < -0.4 is 20.3 Å². The molecule has 6 heteroatoms. The molecule has 0 unspecified atom stereocenters. The molecule has 2 N–H and O–H groups in total. The molecular weight excluding hydrogens is 338 g/mol. The third-order valence-electron chi connectivity index (χ3n) is 4.26. The molecule has 0 aliphatic rings. The highest BCUT2D eigenvalue weighted by molar-refractivity contribution is 5.79. The van der Waals surface area contributed by atoms with Crippen molar-refractivity contribution in [2.24, 2.45) is 4.99 Å². The van der Waals surface area contributed by atoms with E-state index in [0.717, 1.165) is 36.2 Å². The van der Waals surface area contributed by atoms with Crippen molar-refractivity contribution < 1.29 is 4.74 Å². The second-order valence-electron chi connectivity index (χ2n) is 6.21. The number of hydrogen-bond acceptors (Lipinski definition) is 4. The van der Waals surface area contributed by atoms with E-state index in [0.29, 0.717) is 19.7 Å². The van der Waals surface area contributed by atoms with Gasteiger partial charge in [-0.2, -0.15) is 0 Å². The van der Waals surface area contributed by atoms with Gasteiger partial charge in [-0.05, 0) is 44.5 Å². The Bertz CT molecular complexity index is 694. The van der Waals surface area contributed by atoms with Crippen LogP contribution in [0.1, 0.15) is 25.0 Å². The average molecular weight is 370 g/mol. The maximum absolute atomic E-state index is 5.72. The summed E-state index contributed by atoms with van der Waals surface area (Å²) in [5.41, 5.74) is 2.34. The molecule has 0 saturated carbocycles. The number of hydrogen-bond donors (Lipinski definition) is 2. The Morgan fingerprint density at radius 3 is 2.41 bits per heavy atom. The lowest BCUT2D eigenvalue weighted by molar-refractivity contribution is 0.322. The number of guanidine groups is 1. The van der Waals surface area contributed by atoms with Gasteiger partial charge < -0.3 is 20.3 Å². The summed E-state index contributed by atoms with van der Waals surface area (Å²) in [5, 5.41) is 6.55. The van der Waals surface area contributed by atoms with E-state index in [9.17, 15) is 0 Å². The van der Waals surface area contributed by atoms with Crippen molar-refractivity contribution in [2.45, 2.75) is 27.3 Å². The van der Waals surface area contributed by atoms with Gasteiger partial charge in [-0.1, -0.05) is 23.8 Å². The molecule has 27 heavy (non-hydrogen) atoms. The Kier molecular flexibility index (Phi) is 8.42. The zero-order valence-electron chi connectivity index (χ0n) is 16.8. The minimum Gasteiger partial charge on any atom is -0.492 e. The minimum absolute atomic E-state index is 0.573. The maximum Gasteiger partial charge on any atom is 0.191 e. The van der Waals surface area contributed by atoms with E-state index in [4.69, 9.17) is 4.74 Å². The quantitative estimate of drug-likeness (QED) is 0.404. The molecule has 0 aliphatic heterocycles. The summed E-state index contributed by atoms with van der Waals surface area (Å²) in [6.45, 7) is 10.2. The summed E-state index contributed by atoms with van der Waals surface area (Å²) >= 11 is 0. The molecule has 0 spiro atoms. The van der Waals surface area contributed by atoms with Crippen LogP contribution in [0.15, 0.2) is 47.6 Å². The van der Waals surface area contributed by atoms with Gasteiger partial charge in [0.05, 0.1) is 6.54 Å². The molecular formula is C21H31N5O. The molecule has 6 nitrogen and oxygen atoms in total. The lowest BCUT2D eigenvalue weighted by atomic mass is 10.2. The predicted octanol–water partition coefficient (Wildman–Crippen LogP) is 2.98. The predicted molar refractivity (Wildman–Crippen MR) is 113 cm³/mol. The van der Waals surface area contributed by atoms with Crippen LogP contribution in [0.25, 0.3) is 0 Å². The van der Waals surface area contributed by atoms with Crippen LogP contribution >= 0.6 is 0 Å². The van der Waals surface area contributed by atoms with Crippen molar-refractivity contribution in [3.05, 3.63) is 53.7 Å². The Balaban J connectivity index is 1.72. The summed E-state index contributed by atoms with van der Waals surface area (Å²) < 4.78 is 5.72. The van der Waals surface area contributed by atoms with Crippen LogP contribution in [0.4, 0.5) is 5.82 Å². The number of aryl methyl sites for hydroxylation is 1.